The monoisotopic (exact) mass is 372 g/mol. The predicted molar refractivity (Wildman–Crippen MR) is 101 cm³/mol. The van der Waals surface area contributed by atoms with E-state index in [1.54, 1.807) is 23.1 Å². The zero-order valence-corrected chi connectivity index (χ0v) is 15.2. The Bertz CT molecular complexity index is 769. The molecule has 2 heterocycles. The summed E-state index contributed by atoms with van der Waals surface area (Å²) in [5, 5.41) is -0.418. The van der Waals surface area contributed by atoms with Crippen molar-refractivity contribution in [3.05, 3.63) is 47.4 Å². The van der Waals surface area contributed by atoms with Gasteiger partial charge in [0, 0.05) is 18.7 Å². The molecule has 0 spiro atoms. The van der Waals surface area contributed by atoms with Gasteiger partial charge in [-0.15, -0.1) is 0 Å². The maximum Gasteiger partial charge on any atom is 0.294 e. The summed E-state index contributed by atoms with van der Waals surface area (Å²) in [4.78, 5) is 40.0. The molecule has 6 nitrogen and oxygen atoms in total. The van der Waals surface area contributed by atoms with Crippen molar-refractivity contribution >= 4 is 34.9 Å². The molecule has 2 aliphatic heterocycles. The summed E-state index contributed by atoms with van der Waals surface area (Å²) in [5.41, 5.74) is 0.700. The first-order chi connectivity index (χ1) is 12.6. The molecular weight excluding hydrogens is 352 g/mol. The van der Waals surface area contributed by atoms with E-state index in [-0.39, 0.29) is 12.5 Å². The third-order valence-corrected chi connectivity index (χ3v) is 5.10. The van der Waals surface area contributed by atoms with E-state index in [1.807, 2.05) is 18.2 Å². The van der Waals surface area contributed by atoms with E-state index in [2.05, 4.69) is 6.58 Å². The van der Waals surface area contributed by atoms with E-state index < -0.39 is 11.1 Å². The van der Waals surface area contributed by atoms with Crippen LogP contribution in [0.25, 0.3) is 6.08 Å². The molecule has 7 heteroatoms. The van der Waals surface area contributed by atoms with Crippen LogP contribution in [-0.2, 0) is 9.59 Å². The van der Waals surface area contributed by atoms with Gasteiger partial charge in [-0.2, -0.15) is 0 Å². The molecule has 0 aliphatic carbocycles. The molecule has 0 radical (unpaired) electrons. The quantitative estimate of drug-likeness (QED) is 0.567. The maximum absolute atomic E-state index is 12.6. The number of carbonyl (C=O) groups excluding carboxylic acids is 3. The number of hydrogen-bond donors (Lipinski definition) is 0. The van der Waals surface area contributed by atoms with Gasteiger partial charge in [0.25, 0.3) is 11.1 Å². The number of rotatable bonds is 6. The highest BCUT2D eigenvalue weighted by atomic mass is 32.2. The SMILES string of the molecule is C=CCOc1ccccc1/C=C1\SC(=O)N(CC(=O)N2CCCC2)C1=O. The van der Waals surface area contributed by atoms with Crippen molar-refractivity contribution in [2.75, 3.05) is 26.2 Å². The molecule has 26 heavy (non-hydrogen) atoms. The maximum atomic E-state index is 12.6. The van der Waals surface area contributed by atoms with Crippen LogP contribution in [-0.4, -0.2) is 53.1 Å². The number of carbonyl (C=O) groups is 3. The van der Waals surface area contributed by atoms with Crippen molar-refractivity contribution in [3.63, 3.8) is 0 Å². The zero-order valence-electron chi connectivity index (χ0n) is 14.3. The number of ether oxygens (including phenoxy) is 1. The predicted octanol–water partition coefficient (Wildman–Crippen LogP) is 2.91. The second kappa shape index (κ2) is 8.23. The average molecular weight is 372 g/mol. The van der Waals surface area contributed by atoms with Gasteiger partial charge in [-0.25, -0.2) is 0 Å². The Hall–Kier alpha value is -2.54. The Balaban J connectivity index is 1.75. The van der Waals surface area contributed by atoms with E-state index in [9.17, 15) is 14.4 Å². The molecule has 1 aromatic rings. The molecule has 2 saturated heterocycles. The van der Waals surface area contributed by atoms with E-state index in [0.29, 0.717) is 35.9 Å². The number of benzene rings is 1. The van der Waals surface area contributed by atoms with Crippen LogP contribution in [0, 0.1) is 0 Å². The first-order valence-corrected chi connectivity index (χ1v) is 9.27. The van der Waals surface area contributed by atoms with Gasteiger partial charge in [0.15, 0.2) is 0 Å². The fourth-order valence-electron chi connectivity index (χ4n) is 2.86. The van der Waals surface area contributed by atoms with E-state index in [1.165, 1.54) is 0 Å². The van der Waals surface area contributed by atoms with Crippen LogP contribution in [0.3, 0.4) is 0 Å². The van der Waals surface area contributed by atoms with E-state index >= 15 is 0 Å². The lowest BCUT2D eigenvalue weighted by molar-refractivity contribution is -0.135. The van der Waals surface area contributed by atoms with Crippen molar-refractivity contribution in [1.82, 2.24) is 9.80 Å². The highest BCUT2D eigenvalue weighted by Crippen LogP contribution is 2.34. The molecule has 1 aromatic carbocycles. The number of para-hydroxylation sites is 1. The topological polar surface area (TPSA) is 66.9 Å². The lowest BCUT2D eigenvalue weighted by Gasteiger charge is -2.18. The van der Waals surface area contributed by atoms with Gasteiger partial charge in [0.05, 0.1) is 4.91 Å². The molecule has 0 bridgehead atoms. The van der Waals surface area contributed by atoms with Crippen LogP contribution in [0.2, 0.25) is 0 Å². The van der Waals surface area contributed by atoms with Crippen molar-refractivity contribution in [3.8, 4) is 5.75 Å². The molecule has 0 unspecified atom stereocenters. The summed E-state index contributed by atoms with van der Waals surface area (Å²) in [6, 6.07) is 7.25. The summed E-state index contributed by atoms with van der Waals surface area (Å²) < 4.78 is 5.58. The lowest BCUT2D eigenvalue weighted by Crippen LogP contribution is -2.40. The minimum Gasteiger partial charge on any atom is -0.489 e. The molecule has 0 saturated carbocycles. The Kier molecular flexibility index (Phi) is 5.78. The Morgan fingerprint density at radius 2 is 1.96 bits per heavy atom. The number of imide groups is 1. The third-order valence-electron chi connectivity index (χ3n) is 4.19. The Morgan fingerprint density at radius 3 is 2.69 bits per heavy atom. The van der Waals surface area contributed by atoms with Crippen LogP contribution in [0.15, 0.2) is 41.8 Å². The van der Waals surface area contributed by atoms with Gasteiger partial charge in [0.1, 0.15) is 18.9 Å². The first kappa shape index (κ1) is 18.3. The molecule has 0 atom stereocenters. The van der Waals surface area contributed by atoms with Gasteiger partial charge >= 0.3 is 0 Å². The molecule has 3 amide bonds. The number of likely N-dealkylation sites (tertiary alicyclic amines) is 1. The van der Waals surface area contributed by atoms with Crippen LogP contribution >= 0.6 is 11.8 Å². The minimum absolute atomic E-state index is 0.180. The van der Waals surface area contributed by atoms with Crippen LogP contribution in [0.1, 0.15) is 18.4 Å². The summed E-state index contributed by atoms with van der Waals surface area (Å²) in [7, 11) is 0. The van der Waals surface area contributed by atoms with Gasteiger partial charge < -0.3 is 9.64 Å². The summed E-state index contributed by atoms with van der Waals surface area (Å²) in [5.74, 6) is -0.0146. The third kappa shape index (κ3) is 3.99. The summed E-state index contributed by atoms with van der Waals surface area (Å²) >= 11 is 0.846. The highest BCUT2D eigenvalue weighted by molar-refractivity contribution is 8.18. The zero-order chi connectivity index (χ0) is 18.5. The minimum atomic E-state index is -0.439. The van der Waals surface area contributed by atoms with Crippen molar-refractivity contribution < 1.29 is 19.1 Å². The van der Waals surface area contributed by atoms with Crippen LogP contribution in [0.4, 0.5) is 4.79 Å². The van der Waals surface area contributed by atoms with Crippen molar-refractivity contribution in [1.29, 1.82) is 0 Å². The second-order valence-electron chi connectivity index (χ2n) is 5.99. The molecule has 2 fully saturated rings. The number of thioether (sulfide) groups is 1. The molecule has 0 aromatic heterocycles. The molecule has 3 rings (SSSR count). The molecule has 2 aliphatic rings. The van der Waals surface area contributed by atoms with E-state index in [4.69, 9.17) is 4.74 Å². The standard InChI is InChI=1S/C19H20N2O4S/c1-2-11-25-15-8-4-3-7-14(15)12-16-18(23)21(19(24)26-16)13-17(22)20-9-5-6-10-20/h2-4,7-8,12H,1,5-6,9-11,13H2/b16-12-. The Labute approximate surface area is 156 Å². The lowest BCUT2D eigenvalue weighted by atomic mass is 10.2. The fraction of sp³-hybridized carbons (Fsp3) is 0.316. The van der Waals surface area contributed by atoms with Crippen molar-refractivity contribution in [2.45, 2.75) is 12.8 Å². The summed E-state index contributed by atoms with van der Waals surface area (Å²) in [6.45, 7) is 5.15. The average Bonchev–Trinajstić information content (AvgIpc) is 3.26. The number of hydrogen-bond acceptors (Lipinski definition) is 5. The Morgan fingerprint density at radius 1 is 1.23 bits per heavy atom. The number of amides is 3. The van der Waals surface area contributed by atoms with Gasteiger partial charge in [-0.05, 0) is 36.7 Å². The van der Waals surface area contributed by atoms with Gasteiger partial charge in [-0.1, -0.05) is 30.9 Å². The van der Waals surface area contributed by atoms with Crippen molar-refractivity contribution in [2.24, 2.45) is 0 Å². The number of nitrogens with zero attached hydrogens (tertiary/aromatic N) is 2. The van der Waals surface area contributed by atoms with Gasteiger partial charge in [0.2, 0.25) is 5.91 Å². The second-order valence-corrected chi connectivity index (χ2v) is 6.99. The molecule has 0 N–H and O–H groups in total. The fourth-order valence-corrected chi connectivity index (χ4v) is 3.69. The molecule has 136 valence electrons. The van der Waals surface area contributed by atoms with Crippen LogP contribution < -0.4 is 4.74 Å². The van der Waals surface area contributed by atoms with Gasteiger partial charge in [-0.3, -0.25) is 19.3 Å². The highest BCUT2D eigenvalue weighted by Gasteiger charge is 2.37. The first-order valence-electron chi connectivity index (χ1n) is 8.46. The molecular formula is C19H20N2O4S. The summed E-state index contributed by atoms with van der Waals surface area (Å²) in [6.07, 6.45) is 5.20. The largest absolute Gasteiger partial charge is 0.489 e. The van der Waals surface area contributed by atoms with E-state index in [0.717, 1.165) is 29.5 Å². The normalized spacial score (nSPS) is 18.7. The smallest absolute Gasteiger partial charge is 0.294 e. The van der Waals surface area contributed by atoms with Crippen LogP contribution in [0.5, 0.6) is 5.75 Å².